The van der Waals surface area contributed by atoms with E-state index in [1.165, 1.54) is 0 Å². The van der Waals surface area contributed by atoms with Crippen LogP contribution in [-0.4, -0.2) is 18.9 Å². The molecule has 0 radical (unpaired) electrons. The number of anilines is 1. The molecule has 0 bridgehead atoms. The summed E-state index contributed by atoms with van der Waals surface area (Å²) in [5.41, 5.74) is 0.739. The Morgan fingerprint density at radius 3 is 2.15 bits per heavy atom. The number of carbonyl (C=O) groups is 2. The first-order valence-electron chi connectivity index (χ1n) is 6.55. The number of rotatable bonds is 3. The van der Waals surface area contributed by atoms with Gasteiger partial charge in [0.1, 0.15) is 0 Å². The smallest absolute Gasteiger partial charge is 0.228 e. The van der Waals surface area contributed by atoms with E-state index < -0.39 is 0 Å². The summed E-state index contributed by atoms with van der Waals surface area (Å²) in [7, 11) is 1.60. The monoisotopic (exact) mass is 336 g/mol. The minimum Gasteiger partial charge on any atom is -0.359 e. The second-order valence-corrected chi connectivity index (χ2v) is 5.68. The number of hydrogen-bond acceptors (Lipinski definition) is 2. The highest BCUT2D eigenvalue weighted by molar-refractivity contribution is 9.10. The van der Waals surface area contributed by atoms with Gasteiger partial charge in [-0.3, -0.25) is 9.59 Å². The molecule has 0 aromatic heterocycles. The van der Waals surface area contributed by atoms with Crippen molar-refractivity contribution < 1.29 is 9.59 Å². The fourth-order valence-electron chi connectivity index (χ4n) is 2.35. The molecule has 2 N–H and O–H groups in total. The molecule has 4 nitrogen and oxygen atoms in total. The van der Waals surface area contributed by atoms with E-state index in [1.54, 1.807) is 7.05 Å². The minimum absolute atomic E-state index is 0.0784. The first kappa shape index (κ1) is 14.8. The zero-order valence-corrected chi connectivity index (χ0v) is 12.8. The molecule has 106 valence electrons. The first-order chi connectivity index (χ1) is 9.61. The van der Waals surface area contributed by atoms with Crippen molar-refractivity contribution in [2.75, 3.05) is 12.4 Å². The molecular weight excluding hydrogens is 320 g/mol. The lowest BCUT2D eigenvalue weighted by Crippen LogP contribution is -2.39. The molecule has 1 aromatic rings. The van der Waals surface area contributed by atoms with Crippen LogP contribution in [0.4, 0.5) is 5.69 Å². The van der Waals surface area contributed by atoms with E-state index in [-0.39, 0.29) is 23.7 Å². The molecule has 2 amide bonds. The molecular formula is C15H17BrN2O2. The number of benzene rings is 1. The number of amides is 2. The Labute approximate surface area is 126 Å². The van der Waals surface area contributed by atoms with Crippen LogP contribution in [0.3, 0.4) is 0 Å². The average Bonchev–Trinajstić information content (AvgIpc) is 2.48. The van der Waals surface area contributed by atoms with Gasteiger partial charge in [-0.1, -0.05) is 28.1 Å². The van der Waals surface area contributed by atoms with Crippen LogP contribution in [0.1, 0.15) is 12.8 Å². The van der Waals surface area contributed by atoms with Gasteiger partial charge in [-0.2, -0.15) is 0 Å². The van der Waals surface area contributed by atoms with Gasteiger partial charge >= 0.3 is 0 Å². The lowest BCUT2D eigenvalue weighted by atomic mass is 9.81. The van der Waals surface area contributed by atoms with Crippen molar-refractivity contribution in [1.29, 1.82) is 0 Å². The van der Waals surface area contributed by atoms with E-state index in [0.29, 0.717) is 12.8 Å². The van der Waals surface area contributed by atoms with Gasteiger partial charge in [0.2, 0.25) is 11.8 Å². The van der Waals surface area contributed by atoms with Crippen LogP contribution < -0.4 is 10.6 Å². The predicted octanol–water partition coefficient (Wildman–Crippen LogP) is 2.72. The highest BCUT2D eigenvalue weighted by atomic mass is 79.9. The van der Waals surface area contributed by atoms with E-state index in [9.17, 15) is 9.59 Å². The van der Waals surface area contributed by atoms with Gasteiger partial charge in [0.25, 0.3) is 0 Å². The van der Waals surface area contributed by atoms with Gasteiger partial charge in [0.05, 0.1) is 11.8 Å². The summed E-state index contributed by atoms with van der Waals surface area (Å²) in [6.07, 6.45) is 5.13. The van der Waals surface area contributed by atoms with Gasteiger partial charge in [0.15, 0.2) is 0 Å². The standard InChI is InChI=1S/C15H17BrN2O2/c1-17-14(19)12-4-2-3-5-13(12)15(20)18-11-8-6-10(16)7-9-11/h2-3,6-9,12-13H,4-5H2,1H3,(H,17,19)(H,18,20). The number of nitrogens with one attached hydrogen (secondary N) is 2. The van der Waals surface area contributed by atoms with Crippen LogP contribution in [0, 0.1) is 11.8 Å². The summed E-state index contributed by atoms with van der Waals surface area (Å²) in [5, 5.41) is 5.51. The Bertz CT molecular complexity index is 525. The van der Waals surface area contributed by atoms with E-state index in [4.69, 9.17) is 0 Å². The molecule has 1 aliphatic carbocycles. The Hall–Kier alpha value is -1.62. The fourth-order valence-corrected chi connectivity index (χ4v) is 2.61. The Kier molecular flexibility index (Phi) is 4.95. The van der Waals surface area contributed by atoms with E-state index in [0.717, 1.165) is 10.2 Å². The van der Waals surface area contributed by atoms with Crippen molar-refractivity contribution >= 4 is 33.4 Å². The molecule has 0 heterocycles. The van der Waals surface area contributed by atoms with Crippen LogP contribution in [0.2, 0.25) is 0 Å². The van der Waals surface area contributed by atoms with Crippen LogP contribution in [-0.2, 0) is 9.59 Å². The summed E-state index contributed by atoms with van der Waals surface area (Å²) >= 11 is 3.35. The van der Waals surface area contributed by atoms with Crippen molar-refractivity contribution in [2.45, 2.75) is 12.8 Å². The third-order valence-electron chi connectivity index (χ3n) is 3.46. The molecule has 0 aliphatic heterocycles. The quantitative estimate of drug-likeness (QED) is 0.834. The Morgan fingerprint density at radius 1 is 1.05 bits per heavy atom. The maximum Gasteiger partial charge on any atom is 0.228 e. The third-order valence-corrected chi connectivity index (χ3v) is 3.99. The lowest BCUT2D eigenvalue weighted by Gasteiger charge is -2.26. The van der Waals surface area contributed by atoms with E-state index in [2.05, 4.69) is 26.6 Å². The molecule has 20 heavy (non-hydrogen) atoms. The fraction of sp³-hybridized carbons (Fsp3) is 0.333. The van der Waals surface area contributed by atoms with Crippen molar-refractivity contribution in [3.63, 3.8) is 0 Å². The lowest BCUT2D eigenvalue weighted by molar-refractivity contribution is -0.132. The maximum atomic E-state index is 12.3. The van der Waals surface area contributed by atoms with E-state index in [1.807, 2.05) is 36.4 Å². The van der Waals surface area contributed by atoms with Crippen LogP contribution in [0.25, 0.3) is 0 Å². The summed E-state index contributed by atoms with van der Waals surface area (Å²) in [6.45, 7) is 0. The zero-order chi connectivity index (χ0) is 14.5. The summed E-state index contributed by atoms with van der Waals surface area (Å²) in [5.74, 6) is -0.792. The van der Waals surface area contributed by atoms with Crippen LogP contribution in [0.15, 0.2) is 40.9 Å². The zero-order valence-electron chi connectivity index (χ0n) is 11.2. The summed E-state index contributed by atoms with van der Waals surface area (Å²) < 4.78 is 0.958. The normalized spacial score (nSPS) is 21.3. The number of allylic oxidation sites excluding steroid dienone is 2. The molecule has 0 fully saturated rings. The summed E-state index contributed by atoms with van der Waals surface area (Å²) in [6, 6.07) is 7.39. The molecule has 0 saturated carbocycles. The van der Waals surface area contributed by atoms with Crippen molar-refractivity contribution in [2.24, 2.45) is 11.8 Å². The van der Waals surface area contributed by atoms with Gasteiger partial charge in [-0.15, -0.1) is 0 Å². The third kappa shape index (κ3) is 3.48. The highest BCUT2D eigenvalue weighted by Gasteiger charge is 2.33. The molecule has 2 unspecified atom stereocenters. The highest BCUT2D eigenvalue weighted by Crippen LogP contribution is 2.27. The Balaban J connectivity index is 2.08. The summed E-state index contributed by atoms with van der Waals surface area (Å²) in [4.78, 5) is 24.2. The minimum atomic E-state index is -0.316. The predicted molar refractivity (Wildman–Crippen MR) is 82.2 cm³/mol. The van der Waals surface area contributed by atoms with Gasteiger partial charge < -0.3 is 10.6 Å². The molecule has 1 aromatic carbocycles. The van der Waals surface area contributed by atoms with Crippen LogP contribution in [0.5, 0.6) is 0 Å². The van der Waals surface area contributed by atoms with Gasteiger partial charge in [-0.05, 0) is 37.1 Å². The number of carbonyl (C=O) groups excluding carboxylic acids is 2. The van der Waals surface area contributed by atoms with Gasteiger partial charge in [0, 0.05) is 17.2 Å². The topological polar surface area (TPSA) is 58.2 Å². The van der Waals surface area contributed by atoms with Crippen LogP contribution >= 0.6 is 15.9 Å². The van der Waals surface area contributed by atoms with E-state index >= 15 is 0 Å². The second-order valence-electron chi connectivity index (χ2n) is 4.77. The SMILES string of the molecule is CNC(=O)C1CC=CCC1C(=O)Nc1ccc(Br)cc1. The molecule has 5 heteroatoms. The molecule has 2 rings (SSSR count). The Morgan fingerprint density at radius 2 is 1.60 bits per heavy atom. The largest absolute Gasteiger partial charge is 0.359 e. The molecule has 1 aliphatic rings. The maximum absolute atomic E-state index is 12.3. The molecule has 0 spiro atoms. The average molecular weight is 337 g/mol. The molecule has 2 atom stereocenters. The molecule has 0 saturated heterocycles. The first-order valence-corrected chi connectivity index (χ1v) is 7.34. The van der Waals surface area contributed by atoms with Gasteiger partial charge in [-0.25, -0.2) is 0 Å². The van der Waals surface area contributed by atoms with Crippen molar-refractivity contribution in [3.8, 4) is 0 Å². The van der Waals surface area contributed by atoms with Crippen molar-refractivity contribution in [1.82, 2.24) is 5.32 Å². The van der Waals surface area contributed by atoms with Crippen molar-refractivity contribution in [3.05, 3.63) is 40.9 Å². The number of hydrogen-bond donors (Lipinski definition) is 2. The number of halogens is 1. The second kappa shape index (κ2) is 6.70.